The second-order valence-corrected chi connectivity index (χ2v) is 7.98. The van der Waals surface area contributed by atoms with Crippen LogP contribution in [0.1, 0.15) is 5.56 Å². The van der Waals surface area contributed by atoms with Gasteiger partial charge in [-0.05, 0) is 12.1 Å². The van der Waals surface area contributed by atoms with Crippen LogP contribution < -0.4 is 10.9 Å². The minimum Gasteiger partial charge on any atom is -0.383 e. The number of methoxy groups -OCH3 is 1. The SMILES string of the molecule is COCCNc1nnc(Sc2cnn(-c3ccc(C(F)(F)F)cn3)c(=O)c2Cl)s1. The molecule has 8 nitrogen and oxygen atoms in total. The van der Waals surface area contributed by atoms with Crippen LogP contribution in [0.5, 0.6) is 0 Å². The Labute approximate surface area is 175 Å². The van der Waals surface area contributed by atoms with Gasteiger partial charge in [-0.3, -0.25) is 4.79 Å². The van der Waals surface area contributed by atoms with Crippen LogP contribution in [0.2, 0.25) is 5.02 Å². The molecule has 0 spiro atoms. The van der Waals surface area contributed by atoms with Crippen LogP contribution in [0.4, 0.5) is 18.3 Å². The van der Waals surface area contributed by atoms with E-state index in [1.54, 1.807) is 7.11 Å². The van der Waals surface area contributed by atoms with Crippen LogP contribution >= 0.6 is 34.7 Å². The molecule has 0 amide bonds. The minimum absolute atomic E-state index is 0.0815. The molecule has 0 fully saturated rings. The highest BCUT2D eigenvalue weighted by Gasteiger charge is 2.30. The lowest BCUT2D eigenvalue weighted by atomic mass is 10.3. The molecule has 1 N–H and O–H groups in total. The van der Waals surface area contributed by atoms with Crippen molar-refractivity contribution in [3.05, 3.63) is 45.5 Å². The van der Waals surface area contributed by atoms with Gasteiger partial charge in [-0.2, -0.15) is 23.0 Å². The standard InChI is InChI=1S/C15H12ClF3N6O2S2/c1-27-5-4-20-13-23-24-14(29-13)28-9-7-22-25(12(26)11(9)16)10-3-2-8(6-21-10)15(17,18)19/h2-3,6-7H,4-5H2,1H3,(H,20,23). The first-order valence-electron chi connectivity index (χ1n) is 7.85. The second kappa shape index (κ2) is 9.07. The zero-order valence-corrected chi connectivity index (χ0v) is 17.0. The summed E-state index contributed by atoms with van der Waals surface area (Å²) in [5.74, 6) is -0.0815. The van der Waals surface area contributed by atoms with Gasteiger partial charge in [-0.15, -0.1) is 10.2 Å². The number of nitrogens with zero attached hydrogens (tertiary/aromatic N) is 5. The van der Waals surface area contributed by atoms with Gasteiger partial charge in [0.25, 0.3) is 5.56 Å². The lowest BCUT2D eigenvalue weighted by Gasteiger charge is -2.08. The van der Waals surface area contributed by atoms with Crippen molar-refractivity contribution in [1.29, 1.82) is 0 Å². The first-order valence-corrected chi connectivity index (χ1v) is 9.86. The summed E-state index contributed by atoms with van der Waals surface area (Å²) in [4.78, 5) is 16.5. The lowest BCUT2D eigenvalue weighted by molar-refractivity contribution is -0.137. The summed E-state index contributed by atoms with van der Waals surface area (Å²) in [6.07, 6.45) is -2.59. The van der Waals surface area contributed by atoms with Crippen molar-refractivity contribution in [2.75, 3.05) is 25.6 Å². The number of nitrogens with one attached hydrogen (secondary N) is 1. The number of halogens is 4. The summed E-state index contributed by atoms with van der Waals surface area (Å²) in [7, 11) is 1.58. The maximum atomic E-state index is 12.6. The van der Waals surface area contributed by atoms with Crippen molar-refractivity contribution >= 4 is 39.8 Å². The molecule has 0 saturated carbocycles. The summed E-state index contributed by atoms with van der Waals surface area (Å²) in [5.41, 5.74) is -1.65. The Kier molecular flexibility index (Phi) is 6.72. The van der Waals surface area contributed by atoms with Gasteiger partial charge in [0.15, 0.2) is 10.2 Å². The predicted octanol–water partition coefficient (Wildman–Crippen LogP) is 3.36. The van der Waals surface area contributed by atoms with E-state index < -0.39 is 17.3 Å². The molecule has 0 radical (unpaired) electrons. The van der Waals surface area contributed by atoms with E-state index in [2.05, 4.69) is 25.6 Å². The quantitative estimate of drug-likeness (QED) is 0.532. The van der Waals surface area contributed by atoms with Gasteiger partial charge in [0, 0.05) is 19.9 Å². The Hall–Kier alpha value is -2.22. The van der Waals surface area contributed by atoms with Crippen molar-refractivity contribution in [2.45, 2.75) is 15.4 Å². The van der Waals surface area contributed by atoms with Crippen molar-refractivity contribution in [3.63, 3.8) is 0 Å². The van der Waals surface area contributed by atoms with Gasteiger partial charge >= 0.3 is 6.18 Å². The van der Waals surface area contributed by atoms with Crippen molar-refractivity contribution < 1.29 is 17.9 Å². The molecule has 14 heteroatoms. The Balaban J connectivity index is 1.78. The summed E-state index contributed by atoms with van der Waals surface area (Å²) in [5, 5.41) is 15.3. The molecule has 0 aliphatic carbocycles. The molecule has 0 saturated heterocycles. The largest absolute Gasteiger partial charge is 0.417 e. The van der Waals surface area contributed by atoms with E-state index in [1.165, 1.54) is 17.5 Å². The van der Waals surface area contributed by atoms with Crippen LogP contribution in [0, 0.1) is 0 Å². The lowest BCUT2D eigenvalue weighted by Crippen LogP contribution is -2.23. The number of aromatic nitrogens is 5. The predicted molar refractivity (Wildman–Crippen MR) is 102 cm³/mol. The molecule has 154 valence electrons. The summed E-state index contributed by atoms with van der Waals surface area (Å²) < 4.78 is 44.2. The molecule has 3 heterocycles. The van der Waals surface area contributed by atoms with E-state index >= 15 is 0 Å². The van der Waals surface area contributed by atoms with Crippen LogP contribution in [0.25, 0.3) is 5.82 Å². The van der Waals surface area contributed by atoms with Crippen molar-refractivity contribution in [3.8, 4) is 5.82 Å². The van der Waals surface area contributed by atoms with Gasteiger partial charge in [0.2, 0.25) is 5.13 Å². The third-order valence-electron chi connectivity index (χ3n) is 3.37. The van der Waals surface area contributed by atoms with Crippen molar-refractivity contribution in [2.24, 2.45) is 0 Å². The van der Waals surface area contributed by atoms with Crippen LogP contribution in [-0.4, -0.2) is 45.2 Å². The summed E-state index contributed by atoms with van der Waals surface area (Å²) in [6.45, 7) is 1.07. The zero-order valence-electron chi connectivity index (χ0n) is 14.6. The Bertz CT molecular complexity index is 1040. The van der Waals surface area contributed by atoms with Gasteiger partial charge in [-0.1, -0.05) is 34.7 Å². The summed E-state index contributed by atoms with van der Waals surface area (Å²) >= 11 is 8.49. The van der Waals surface area contributed by atoms with Gasteiger partial charge in [0.05, 0.1) is 23.3 Å². The average Bonchev–Trinajstić information content (AvgIpc) is 3.13. The van der Waals surface area contributed by atoms with E-state index in [0.29, 0.717) is 33.7 Å². The highest BCUT2D eigenvalue weighted by molar-refractivity contribution is 8.01. The highest BCUT2D eigenvalue weighted by Crippen LogP contribution is 2.34. The second-order valence-electron chi connectivity index (χ2n) is 5.34. The Morgan fingerprint density at radius 3 is 2.76 bits per heavy atom. The zero-order chi connectivity index (χ0) is 21.0. The Morgan fingerprint density at radius 1 is 1.31 bits per heavy atom. The van der Waals surface area contributed by atoms with Crippen LogP contribution in [0.3, 0.4) is 0 Å². The van der Waals surface area contributed by atoms with E-state index in [9.17, 15) is 18.0 Å². The number of ether oxygens (including phenoxy) is 1. The number of anilines is 1. The van der Waals surface area contributed by atoms with E-state index in [0.717, 1.165) is 28.6 Å². The van der Waals surface area contributed by atoms with Gasteiger partial charge in [-0.25, -0.2) is 4.98 Å². The third-order valence-corrected chi connectivity index (χ3v) is 5.80. The van der Waals surface area contributed by atoms with Crippen molar-refractivity contribution in [1.82, 2.24) is 25.0 Å². The smallest absolute Gasteiger partial charge is 0.383 e. The summed E-state index contributed by atoms with van der Waals surface area (Å²) in [6, 6.07) is 1.86. The minimum atomic E-state index is -4.53. The molecule has 0 bridgehead atoms. The number of rotatable bonds is 7. The van der Waals surface area contributed by atoms with Crippen LogP contribution in [-0.2, 0) is 10.9 Å². The van der Waals surface area contributed by atoms with Gasteiger partial charge in [0.1, 0.15) is 5.02 Å². The van der Waals surface area contributed by atoms with Crippen LogP contribution in [0.15, 0.2) is 38.6 Å². The average molecular weight is 465 g/mol. The number of hydrogen-bond acceptors (Lipinski definition) is 9. The molecular weight excluding hydrogens is 453 g/mol. The number of alkyl halides is 3. The Morgan fingerprint density at radius 2 is 2.10 bits per heavy atom. The van der Waals surface area contributed by atoms with E-state index in [1.807, 2.05) is 0 Å². The molecule has 29 heavy (non-hydrogen) atoms. The topological polar surface area (TPSA) is 94.8 Å². The fourth-order valence-corrected chi connectivity index (χ4v) is 3.97. The fraction of sp³-hybridized carbons (Fsp3) is 0.267. The molecule has 3 rings (SSSR count). The molecule has 0 atom stereocenters. The molecule has 0 aliphatic rings. The maximum absolute atomic E-state index is 12.6. The van der Waals surface area contributed by atoms with E-state index in [4.69, 9.17) is 16.3 Å². The third kappa shape index (κ3) is 5.23. The number of hydrogen-bond donors (Lipinski definition) is 1. The first kappa shape index (κ1) is 21.5. The van der Waals surface area contributed by atoms with Gasteiger partial charge < -0.3 is 10.1 Å². The number of pyridine rings is 1. The monoisotopic (exact) mass is 464 g/mol. The molecule has 3 aromatic rings. The first-order chi connectivity index (χ1) is 13.8. The maximum Gasteiger partial charge on any atom is 0.417 e. The van der Waals surface area contributed by atoms with E-state index in [-0.39, 0.29) is 10.8 Å². The highest BCUT2D eigenvalue weighted by atomic mass is 35.5. The normalized spacial score (nSPS) is 11.6. The molecule has 3 aromatic heterocycles. The molecular formula is C15H12ClF3N6O2S2. The molecule has 0 aliphatic heterocycles. The molecule has 0 unspecified atom stereocenters. The fourth-order valence-electron chi connectivity index (χ4n) is 2.01. The molecule has 0 aromatic carbocycles.